The molecule has 0 heterocycles. The molecule has 1 N–H and O–H groups in total. The molecule has 0 saturated carbocycles. The second-order valence-electron chi connectivity index (χ2n) is 4.83. The first-order valence-electron chi connectivity index (χ1n) is 6.80. The Balaban J connectivity index is 1.81. The molecule has 5 heteroatoms. The van der Waals surface area contributed by atoms with Crippen molar-refractivity contribution in [2.24, 2.45) is 0 Å². The molecule has 0 spiro atoms. The van der Waals surface area contributed by atoms with Gasteiger partial charge in [-0.1, -0.05) is 46.3 Å². The molecule has 22 heavy (non-hydrogen) atoms. The molecule has 0 fully saturated rings. The predicted molar refractivity (Wildman–Crippen MR) is 88.6 cm³/mol. The van der Waals surface area contributed by atoms with Crippen LogP contribution < -0.4 is 5.32 Å². The van der Waals surface area contributed by atoms with E-state index in [4.69, 9.17) is 4.74 Å². The molecule has 114 valence electrons. The van der Waals surface area contributed by atoms with Crippen molar-refractivity contribution in [3.05, 3.63) is 64.1 Å². The van der Waals surface area contributed by atoms with Crippen molar-refractivity contribution < 1.29 is 14.3 Å². The SMILES string of the molecule is Cc1cc(Br)ccc1NC(=O)COC(=O)Cc1ccccc1. The van der Waals surface area contributed by atoms with Gasteiger partial charge in [0.2, 0.25) is 0 Å². The first kappa shape index (κ1) is 16.2. The van der Waals surface area contributed by atoms with Crippen LogP contribution >= 0.6 is 15.9 Å². The normalized spacial score (nSPS) is 10.1. The van der Waals surface area contributed by atoms with Gasteiger partial charge in [0.1, 0.15) is 0 Å². The lowest BCUT2D eigenvalue weighted by Gasteiger charge is -2.09. The highest BCUT2D eigenvalue weighted by atomic mass is 79.9. The van der Waals surface area contributed by atoms with Crippen LogP contribution in [0.5, 0.6) is 0 Å². The molecular formula is C17H16BrNO3. The number of nitrogens with one attached hydrogen (secondary N) is 1. The zero-order valence-corrected chi connectivity index (χ0v) is 13.7. The molecule has 0 saturated heterocycles. The second kappa shape index (κ2) is 7.75. The minimum Gasteiger partial charge on any atom is -0.455 e. The lowest BCUT2D eigenvalue weighted by atomic mass is 10.2. The summed E-state index contributed by atoms with van der Waals surface area (Å²) in [6.07, 6.45) is 0.158. The number of hydrogen-bond acceptors (Lipinski definition) is 3. The van der Waals surface area contributed by atoms with Crippen LogP contribution in [0.15, 0.2) is 53.0 Å². The van der Waals surface area contributed by atoms with Gasteiger partial charge < -0.3 is 10.1 Å². The van der Waals surface area contributed by atoms with Gasteiger partial charge in [0.25, 0.3) is 5.91 Å². The summed E-state index contributed by atoms with van der Waals surface area (Å²) < 4.78 is 5.93. The topological polar surface area (TPSA) is 55.4 Å². The van der Waals surface area contributed by atoms with E-state index >= 15 is 0 Å². The first-order chi connectivity index (χ1) is 10.5. The van der Waals surface area contributed by atoms with Gasteiger partial charge in [0.05, 0.1) is 6.42 Å². The van der Waals surface area contributed by atoms with Gasteiger partial charge in [-0.3, -0.25) is 9.59 Å². The highest BCUT2D eigenvalue weighted by Crippen LogP contribution is 2.19. The largest absolute Gasteiger partial charge is 0.455 e. The molecule has 0 atom stereocenters. The quantitative estimate of drug-likeness (QED) is 0.829. The van der Waals surface area contributed by atoms with Crippen LogP contribution in [-0.2, 0) is 20.7 Å². The Hall–Kier alpha value is -2.14. The summed E-state index contributed by atoms with van der Waals surface area (Å²) in [6.45, 7) is 1.60. The number of hydrogen-bond donors (Lipinski definition) is 1. The van der Waals surface area contributed by atoms with E-state index in [1.165, 1.54) is 0 Å². The van der Waals surface area contributed by atoms with Gasteiger partial charge in [-0.15, -0.1) is 0 Å². The van der Waals surface area contributed by atoms with E-state index in [-0.39, 0.29) is 18.9 Å². The van der Waals surface area contributed by atoms with E-state index in [0.29, 0.717) is 5.69 Å². The number of aryl methyl sites for hydroxylation is 1. The summed E-state index contributed by atoms with van der Waals surface area (Å²) in [5.41, 5.74) is 2.49. The van der Waals surface area contributed by atoms with E-state index in [0.717, 1.165) is 15.6 Å². The van der Waals surface area contributed by atoms with Gasteiger partial charge in [-0.05, 0) is 36.2 Å². The van der Waals surface area contributed by atoms with Crippen molar-refractivity contribution in [1.29, 1.82) is 0 Å². The zero-order valence-electron chi connectivity index (χ0n) is 12.1. The smallest absolute Gasteiger partial charge is 0.310 e. The average molecular weight is 362 g/mol. The molecule has 4 nitrogen and oxygen atoms in total. The highest BCUT2D eigenvalue weighted by molar-refractivity contribution is 9.10. The van der Waals surface area contributed by atoms with Crippen LogP contribution in [0.25, 0.3) is 0 Å². The number of rotatable bonds is 5. The van der Waals surface area contributed by atoms with Crippen LogP contribution in [0.2, 0.25) is 0 Å². The third kappa shape index (κ3) is 5.00. The van der Waals surface area contributed by atoms with E-state index < -0.39 is 5.97 Å². The standard InChI is InChI=1S/C17H16BrNO3/c1-12-9-14(18)7-8-15(12)19-16(20)11-22-17(21)10-13-5-3-2-4-6-13/h2-9H,10-11H2,1H3,(H,19,20). The zero-order chi connectivity index (χ0) is 15.9. The lowest BCUT2D eigenvalue weighted by Crippen LogP contribution is -2.22. The number of benzene rings is 2. The molecule has 0 aliphatic carbocycles. The minimum atomic E-state index is -0.422. The monoisotopic (exact) mass is 361 g/mol. The summed E-state index contributed by atoms with van der Waals surface area (Å²) >= 11 is 3.36. The molecule has 0 aliphatic rings. The Kier molecular flexibility index (Phi) is 5.72. The molecule has 0 aromatic heterocycles. The highest BCUT2D eigenvalue weighted by Gasteiger charge is 2.09. The maximum Gasteiger partial charge on any atom is 0.310 e. The first-order valence-corrected chi connectivity index (χ1v) is 7.59. The van der Waals surface area contributed by atoms with E-state index in [1.54, 1.807) is 6.07 Å². The number of amides is 1. The Morgan fingerprint density at radius 3 is 2.55 bits per heavy atom. The summed E-state index contributed by atoms with van der Waals surface area (Å²) in [7, 11) is 0. The fourth-order valence-electron chi connectivity index (χ4n) is 1.91. The summed E-state index contributed by atoms with van der Waals surface area (Å²) in [6, 6.07) is 14.8. The Labute approximate surface area is 137 Å². The molecule has 2 aromatic rings. The van der Waals surface area contributed by atoms with E-state index in [2.05, 4.69) is 21.2 Å². The number of esters is 1. The second-order valence-corrected chi connectivity index (χ2v) is 5.75. The fraction of sp³-hybridized carbons (Fsp3) is 0.176. The molecule has 1 amide bonds. The van der Waals surface area contributed by atoms with Crippen LogP contribution in [0.1, 0.15) is 11.1 Å². The third-order valence-electron chi connectivity index (χ3n) is 3.02. The van der Waals surface area contributed by atoms with E-state index in [9.17, 15) is 9.59 Å². The molecular weight excluding hydrogens is 346 g/mol. The number of ether oxygens (including phenoxy) is 1. The molecule has 2 rings (SSSR count). The molecule has 0 unspecified atom stereocenters. The number of carbonyl (C=O) groups excluding carboxylic acids is 2. The molecule has 0 aliphatic heterocycles. The average Bonchev–Trinajstić information content (AvgIpc) is 2.49. The Bertz CT molecular complexity index is 671. The van der Waals surface area contributed by atoms with Crippen LogP contribution in [0.4, 0.5) is 5.69 Å². The van der Waals surface area contributed by atoms with Crippen molar-refractivity contribution in [3.8, 4) is 0 Å². The number of halogens is 1. The lowest BCUT2D eigenvalue weighted by molar-refractivity contribution is -0.146. The predicted octanol–water partition coefficient (Wildman–Crippen LogP) is 3.48. The van der Waals surface area contributed by atoms with Crippen molar-refractivity contribution in [2.75, 3.05) is 11.9 Å². The van der Waals surface area contributed by atoms with Crippen LogP contribution in [0.3, 0.4) is 0 Å². The van der Waals surface area contributed by atoms with Crippen LogP contribution in [0, 0.1) is 6.92 Å². The number of carbonyl (C=O) groups is 2. The van der Waals surface area contributed by atoms with Gasteiger partial charge in [0, 0.05) is 10.2 Å². The maximum atomic E-state index is 11.8. The van der Waals surface area contributed by atoms with Gasteiger partial charge in [-0.25, -0.2) is 0 Å². The maximum absolute atomic E-state index is 11.8. The van der Waals surface area contributed by atoms with Gasteiger partial charge in [-0.2, -0.15) is 0 Å². The summed E-state index contributed by atoms with van der Waals surface area (Å²) in [4.78, 5) is 23.5. The van der Waals surface area contributed by atoms with Crippen molar-refractivity contribution in [1.82, 2.24) is 0 Å². The number of anilines is 1. The third-order valence-corrected chi connectivity index (χ3v) is 3.51. The molecule has 2 aromatic carbocycles. The summed E-state index contributed by atoms with van der Waals surface area (Å²) in [5.74, 6) is -0.777. The van der Waals surface area contributed by atoms with Crippen molar-refractivity contribution >= 4 is 33.5 Å². The van der Waals surface area contributed by atoms with Crippen molar-refractivity contribution in [2.45, 2.75) is 13.3 Å². The van der Waals surface area contributed by atoms with Crippen LogP contribution in [-0.4, -0.2) is 18.5 Å². The molecule has 0 bridgehead atoms. The van der Waals surface area contributed by atoms with Gasteiger partial charge in [0.15, 0.2) is 6.61 Å². The fourth-order valence-corrected chi connectivity index (χ4v) is 2.39. The Morgan fingerprint density at radius 2 is 1.86 bits per heavy atom. The van der Waals surface area contributed by atoms with Gasteiger partial charge >= 0.3 is 5.97 Å². The van der Waals surface area contributed by atoms with Crippen molar-refractivity contribution in [3.63, 3.8) is 0 Å². The van der Waals surface area contributed by atoms with E-state index in [1.807, 2.05) is 49.4 Å². The summed E-state index contributed by atoms with van der Waals surface area (Å²) in [5, 5.41) is 2.72. The molecule has 0 radical (unpaired) electrons. The Morgan fingerprint density at radius 1 is 1.14 bits per heavy atom. The minimum absolute atomic E-state index is 0.158.